The van der Waals surface area contributed by atoms with Gasteiger partial charge in [0.2, 0.25) is 0 Å². The fraction of sp³-hybridized carbons (Fsp3) is 1.00. The summed E-state index contributed by atoms with van der Waals surface area (Å²) in [5, 5.41) is 20.7. The van der Waals surface area contributed by atoms with Crippen LogP contribution in [0.4, 0.5) is 0 Å². The standard InChI is InChI=1S/C9H19NO3/c1-7-8(2-3-13-7)4-10-5-9(12)6-11/h7-12H,2-6H2,1H3/t7?,8?,9-/m0/s1. The molecule has 0 aromatic rings. The lowest BCUT2D eigenvalue weighted by atomic mass is 10.0. The molecule has 78 valence electrons. The van der Waals surface area contributed by atoms with E-state index in [2.05, 4.69) is 12.2 Å². The quantitative estimate of drug-likeness (QED) is 0.538. The zero-order valence-electron chi connectivity index (χ0n) is 8.07. The minimum absolute atomic E-state index is 0.177. The minimum Gasteiger partial charge on any atom is -0.394 e. The van der Waals surface area contributed by atoms with E-state index < -0.39 is 6.10 Å². The van der Waals surface area contributed by atoms with Gasteiger partial charge in [0.25, 0.3) is 0 Å². The molecule has 2 unspecified atom stereocenters. The van der Waals surface area contributed by atoms with Crippen LogP contribution in [0.2, 0.25) is 0 Å². The van der Waals surface area contributed by atoms with E-state index in [9.17, 15) is 0 Å². The molecule has 1 aliphatic rings. The maximum Gasteiger partial charge on any atom is 0.0894 e. The first kappa shape index (κ1) is 10.9. The van der Waals surface area contributed by atoms with E-state index in [-0.39, 0.29) is 6.61 Å². The van der Waals surface area contributed by atoms with Gasteiger partial charge in [0, 0.05) is 19.7 Å². The molecule has 4 heteroatoms. The Morgan fingerprint density at radius 1 is 1.62 bits per heavy atom. The van der Waals surface area contributed by atoms with E-state index in [0.29, 0.717) is 18.6 Å². The summed E-state index contributed by atoms with van der Waals surface area (Å²) in [5.41, 5.74) is 0. The largest absolute Gasteiger partial charge is 0.394 e. The highest BCUT2D eigenvalue weighted by atomic mass is 16.5. The first-order valence-electron chi connectivity index (χ1n) is 4.85. The van der Waals surface area contributed by atoms with Gasteiger partial charge in [0.15, 0.2) is 0 Å². The molecule has 0 bridgehead atoms. The van der Waals surface area contributed by atoms with Crippen LogP contribution in [0.15, 0.2) is 0 Å². The highest BCUT2D eigenvalue weighted by Gasteiger charge is 2.23. The molecule has 1 saturated heterocycles. The van der Waals surface area contributed by atoms with E-state index in [1.807, 2.05) is 0 Å². The SMILES string of the molecule is CC1OCCC1CNC[C@H](O)CO. The molecule has 1 rings (SSSR count). The van der Waals surface area contributed by atoms with Gasteiger partial charge in [-0.1, -0.05) is 0 Å². The second-order valence-electron chi connectivity index (χ2n) is 3.62. The van der Waals surface area contributed by atoms with Crippen molar-refractivity contribution < 1.29 is 14.9 Å². The lowest BCUT2D eigenvalue weighted by Gasteiger charge is -2.15. The van der Waals surface area contributed by atoms with Crippen molar-refractivity contribution in [2.75, 3.05) is 26.3 Å². The lowest BCUT2D eigenvalue weighted by Crippen LogP contribution is -2.34. The predicted molar refractivity (Wildman–Crippen MR) is 49.5 cm³/mol. The highest BCUT2D eigenvalue weighted by Crippen LogP contribution is 2.18. The summed E-state index contributed by atoms with van der Waals surface area (Å²) in [6.45, 7) is 4.06. The van der Waals surface area contributed by atoms with Crippen molar-refractivity contribution in [1.82, 2.24) is 5.32 Å². The van der Waals surface area contributed by atoms with Crippen LogP contribution in [0.25, 0.3) is 0 Å². The third-order valence-electron chi connectivity index (χ3n) is 2.53. The molecule has 0 aliphatic carbocycles. The van der Waals surface area contributed by atoms with Gasteiger partial charge < -0.3 is 20.3 Å². The summed E-state index contributed by atoms with van der Waals surface area (Å²) in [6, 6.07) is 0. The number of ether oxygens (including phenoxy) is 1. The number of rotatable bonds is 5. The van der Waals surface area contributed by atoms with Crippen molar-refractivity contribution in [1.29, 1.82) is 0 Å². The topological polar surface area (TPSA) is 61.7 Å². The van der Waals surface area contributed by atoms with Crippen LogP contribution in [-0.4, -0.2) is 48.7 Å². The van der Waals surface area contributed by atoms with Crippen LogP contribution in [-0.2, 0) is 4.74 Å². The Hall–Kier alpha value is -0.160. The molecule has 1 fully saturated rings. The molecule has 4 nitrogen and oxygen atoms in total. The molecule has 1 heterocycles. The first-order valence-corrected chi connectivity index (χ1v) is 4.85. The third-order valence-corrected chi connectivity index (χ3v) is 2.53. The Kier molecular flexibility index (Phi) is 4.66. The van der Waals surface area contributed by atoms with Gasteiger partial charge in [-0.25, -0.2) is 0 Å². The third kappa shape index (κ3) is 3.60. The summed E-state index contributed by atoms with van der Waals surface area (Å²) in [5.74, 6) is 0.547. The number of aliphatic hydroxyl groups is 2. The Bertz CT molecular complexity index is 143. The molecular formula is C9H19NO3. The lowest BCUT2D eigenvalue weighted by molar-refractivity contribution is 0.0876. The molecule has 0 aromatic carbocycles. The fourth-order valence-corrected chi connectivity index (χ4v) is 1.54. The summed E-state index contributed by atoms with van der Waals surface area (Å²) in [7, 11) is 0. The van der Waals surface area contributed by atoms with E-state index in [1.165, 1.54) is 0 Å². The van der Waals surface area contributed by atoms with Gasteiger partial charge in [0.1, 0.15) is 0 Å². The van der Waals surface area contributed by atoms with Gasteiger partial charge in [-0.15, -0.1) is 0 Å². The Labute approximate surface area is 78.9 Å². The Morgan fingerprint density at radius 2 is 2.38 bits per heavy atom. The van der Waals surface area contributed by atoms with Crippen molar-refractivity contribution in [2.45, 2.75) is 25.6 Å². The van der Waals surface area contributed by atoms with Crippen LogP contribution in [0, 0.1) is 5.92 Å². The van der Waals surface area contributed by atoms with Crippen LogP contribution >= 0.6 is 0 Å². The monoisotopic (exact) mass is 189 g/mol. The van der Waals surface area contributed by atoms with E-state index in [4.69, 9.17) is 14.9 Å². The van der Waals surface area contributed by atoms with E-state index >= 15 is 0 Å². The van der Waals surface area contributed by atoms with Crippen molar-refractivity contribution >= 4 is 0 Å². The van der Waals surface area contributed by atoms with Crippen molar-refractivity contribution in [3.05, 3.63) is 0 Å². The van der Waals surface area contributed by atoms with Gasteiger partial charge in [-0.05, 0) is 19.3 Å². The summed E-state index contributed by atoms with van der Waals surface area (Å²) >= 11 is 0. The first-order chi connectivity index (χ1) is 6.24. The second kappa shape index (κ2) is 5.54. The zero-order valence-corrected chi connectivity index (χ0v) is 8.07. The average molecular weight is 189 g/mol. The molecule has 0 aromatic heterocycles. The van der Waals surface area contributed by atoms with Crippen LogP contribution in [0.3, 0.4) is 0 Å². The Morgan fingerprint density at radius 3 is 2.92 bits per heavy atom. The molecular weight excluding hydrogens is 170 g/mol. The average Bonchev–Trinajstić information content (AvgIpc) is 2.52. The van der Waals surface area contributed by atoms with Crippen molar-refractivity contribution in [3.63, 3.8) is 0 Å². The normalized spacial score (nSPS) is 30.7. The molecule has 1 aliphatic heterocycles. The smallest absolute Gasteiger partial charge is 0.0894 e. The summed E-state index contributed by atoms with van der Waals surface area (Å²) < 4.78 is 5.40. The van der Waals surface area contributed by atoms with Gasteiger partial charge in [0.05, 0.1) is 18.8 Å². The van der Waals surface area contributed by atoms with Gasteiger partial charge in [-0.2, -0.15) is 0 Å². The van der Waals surface area contributed by atoms with E-state index in [1.54, 1.807) is 0 Å². The Balaban J connectivity index is 2.05. The van der Waals surface area contributed by atoms with Crippen LogP contribution < -0.4 is 5.32 Å². The number of nitrogens with one attached hydrogen (secondary N) is 1. The number of hydrogen-bond acceptors (Lipinski definition) is 4. The summed E-state index contributed by atoms with van der Waals surface area (Å²) in [6.07, 6.45) is 0.764. The maximum absolute atomic E-state index is 9.05. The van der Waals surface area contributed by atoms with E-state index in [0.717, 1.165) is 19.6 Å². The maximum atomic E-state index is 9.05. The van der Waals surface area contributed by atoms with Crippen molar-refractivity contribution in [2.24, 2.45) is 5.92 Å². The number of aliphatic hydroxyl groups excluding tert-OH is 2. The molecule has 3 atom stereocenters. The minimum atomic E-state index is -0.641. The van der Waals surface area contributed by atoms with Crippen LogP contribution in [0.5, 0.6) is 0 Å². The second-order valence-corrected chi connectivity index (χ2v) is 3.62. The van der Waals surface area contributed by atoms with Crippen molar-refractivity contribution in [3.8, 4) is 0 Å². The predicted octanol–water partition coefficient (Wildman–Crippen LogP) is -0.646. The summed E-state index contributed by atoms with van der Waals surface area (Å²) in [4.78, 5) is 0. The van der Waals surface area contributed by atoms with Gasteiger partial charge >= 0.3 is 0 Å². The van der Waals surface area contributed by atoms with Gasteiger partial charge in [-0.3, -0.25) is 0 Å². The molecule has 3 N–H and O–H groups in total. The molecule has 0 spiro atoms. The molecule has 0 saturated carbocycles. The fourth-order valence-electron chi connectivity index (χ4n) is 1.54. The molecule has 0 radical (unpaired) electrons. The van der Waals surface area contributed by atoms with Crippen LogP contribution in [0.1, 0.15) is 13.3 Å². The zero-order chi connectivity index (χ0) is 9.68. The highest BCUT2D eigenvalue weighted by molar-refractivity contribution is 4.74. The molecule has 13 heavy (non-hydrogen) atoms. The number of hydrogen-bond donors (Lipinski definition) is 3. The molecule has 0 amide bonds.